The van der Waals surface area contributed by atoms with Crippen molar-refractivity contribution < 1.29 is 4.79 Å². The van der Waals surface area contributed by atoms with Crippen LogP contribution in [0.15, 0.2) is 18.3 Å². The summed E-state index contributed by atoms with van der Waals surface area (Å²) in [7, 11) is 0. The molecular formula is C13H17BrN2O. The summed E-state index contributed by atoms with van der Waals surface area (Å²) in [4.78, 5) is 16.6. The summed E-state index contributed by atoms with van der Waals surface area (Å²) in [6.07, 6.45) is 5.20. The van der Waals surface area contributed by atoms with Gasteiger partial charge in [0.2, 0.25) is 0 Å². The Morgan fingerprint density at radius 2 is 2.35 bits per heavy atom. The molecule has 1 saturated carbocycles. The van der Waals surface area contributed by atoms with E-state index in [2.05, 4.69) is 26.2 Å². The Labute approximate surface area is 110 Å². The third kappa shape index (κ3) is 3.53. The van der Waals surface area contributed by atoms with E-state index in [9.17, 15) is 4.79 Å². The van der Waals surface area contributed by atoms with Gasteiger partial charge in [0.1, 0.15) is 0 Å². The summed E-state index contributed by atoms with van der Waals surface area (Å²) in [6.45, 7) is 2.69. The third-order valence-electron chi connectivity index (χ3n) is 3.20. The minimum absolute atomic E-state index is 0.0180. The van der Waals surface area contributed by atoms with Crippen LogP contribution in [-0.2, 0) is 0 Å². The molecule has 2 unspecified atom stereocenters. The van der Waals surface area contributed by atoms with Gasteiger partial charge in [0.15, 0.2) is 0 Å². The van der Waals surface area contributed by atoms with Gasteiger partial charge in [-0.1, -0.05) is 15.9 Å². The fourth-order valence-corrected chi connectivity index (χ4v) is 2.93. The monoisotopic (exact) mass is 296 g/mol. The van der Waals surface area contributed by atoms with Crippen LogP contribution in [0.25, 0.3) is 0 Å². The molecule has 1 aromatic heterocycles. The summed E-state index contributed by atoms with van der Waals surface area (Å²) in [6, 6.07) is 3.68. The predicted octanol–water partition coefficient (Wildman–Crippen LogP) is 2.68. The van der Waals surface area contributed by atoms with E-state index in [0.717, 1.165) is 18.7 Å². The average molecular weight is 297 g/mol. The van der Waals surface area contributed by atoms with Gasteiger partial charge >= 0.3 is 0 Å². The van der Waals surface area contributed by atoms with Crippen LogP contribution in [0, 0.1) is 12.8 Å². The lowest BCUT2D eigenvalue weighted by Crippen LogP contribution is -2.28. The highest BCUT2D eigenvalue weighted by atomic mass is 79.9. The van der Waals surface area contributed by atoms with E-state index in [1.807, 2.05) is 19.1 Å². The van der Waals surface area contributed by atoms with E-state index in [-0.39, 0.29) is 5.91 Å². The van der Waals surface area contributed by atoms with Crippen molar-refractivity contribution in [3.63, 3.8) is 0 Å². The summed E-state index contributed by atoms with van der Waals surface area (Å²) in [5.74, 6) is 0.595. The van der Waals surface area contributed by atoms with Crippen molar-refractivity contribution in [2.24, 2.45) is 5.92 Å². The summed E-state index contributed by atoms with van der Waals surface area (Å²) < 4.78 is 0. The molecule has 1 N–H and O–H groups in total. The lowest BCUT2D eigenvalue weighted by Gasteiger charge is -2.10. The molecule has 0 aromatic carbocycles. The molecule has 0 spiro atoms. The van der Waals surface area contributed by atoms with Gasteiger partial charge in [-0.3, -0.25) is 9.78 Å². The first-order valence-corrected chi connectivity index (χ1v) is 6.91. The van der Waals surface area contributed by atoms with Crippen molar-refractivity contribution in [1.82, 2.24) is 10.3 Å². The van der Waals surface area contributed by atoms with E-state index in [0.29, 0.717) is 16.3 Å². The van der Waals surface area contributed by atoms with Gasteiger partial charge in [-0.15, -0.1) is 0 Å². The van der Waals surface area contributed by atoms with Gasteiger partial charge < -0.3 is 5.32 Å². The molecule has 17 heavy (non-hydrogen) atoms. The molecule has 92 valence electrons. The van der Waals surface area contributed by atoms with Gasteiger partial charge in [0.25, 0.3) is 5.91 Å². The molecule has 3 nitrogen and oxygen atoms in total. The van der Waals surface area contributed by atoms with Crippen LogP contribution >= 0.6 is 15.9 Å². The molecule has 1 amide bonds. The number of aromatic nitrogens is 1. The zero-order valence-corrected chi connectivity index (χ0v) is 11.5. The predicted molar refractivity (Wildman–Crippen MR) is 71.4 cm³/mol. The van der Waals surface area contributed by atoms with Crippen molar-refractivity contribution in [3.05, 3.63) is 29.6 Å². The fourth-order valence-electron chi connectivity index (χ4n) is 2.14. The van der Waals surface area contributed by atoms with E-state index in [1.54, 1.807) is 6.20 Å². The number of halogens is 1. The van der Waals surface area contributed by atoms with Gasteiger partial charge in [0.05, 0.1) is 5.56 Å². The zero-order chi connectivity index (χ0) is 12.3. The van der Waals surface area contributed by atoms with Crippen molar-refractivity contribution in [1.29, 1.82) is 0 Å². The second kappa shape index (κ2) is 5.63. The Morgan fingerprint density at radius 3 is 2.94 bits per heavy atom. The highest BCUT2D eigenvalue weighted by Crippen LogP contribution is 2.29. The first-order chi connectivity index (χ1) is 8.15. The second-order valence-electron chi connectivity index (χ2n) is 4.67. The van der Waals surface area contributed by atoms with Crippen LogP contribution in [0.5, 0.6) is 0 Å². The SMILES string of the molecule is Cc1ccc(C(=O)NCC2CCC(Br)C2)cn1. The number of nitrogens with one attached hydrogen (secondary N) is 1. The van der Waals surface area contributed by atoms with Crippen molar-refractivity contribution in [3.8, 4) is 0 Å². The number of hydrogen-bond acceptors (Lipinski definition) is 2. The number of alkyl halides is 1. The molecule has 1 heterocycles. The lowest BCUT2D eigenvalue weighted by atomic mass is 10.1. The van der Waals surface area contributed by atoms with Gasteiger partial charge in [-0.25, -0.2) is 0 Å². The van der Waals surface area contributed by atoms with Crippen molar-refractivity contribution in [2.75, 3.05) is 6.54 Å². The minimum atomic E-state index is -0.0180. The number of pyridine rings is 1. The molecule has 4 heteroatoms. The summed E-state index contributed by atoms with van der Waals surface area (Å²) >= 11 is 3.62. The van der Waals surface area contributed by atoms with Crippen LogP contribution in [0.2, 0.25) is 0 Å². The van der Waals surface area contributed by atoms with Crippen LogP contribution in [-0.4, -0.2) is 22.3 Å². The molecule has 1 fully saturated rings. The Bertz CT molecular complexity index is 391. The van der Waals surface area contributed by atoms with Crippen molar-refractivity contribution >= 4 is 21.8 Å². The van der Waals surface area contributed by atoms with E-state index in [4.69, 9.17) is 0 Å². The number of aryl methyl sites for hydroxylation is 1. The van der Waals surface area contributed by atoms with Crippen LogP contribution in [0.3, 0.4) is 0 Å². The molecular weight excluding hydrogens is 280 g/mol. The lowest BCUT2D eigenvalue weighted by molar-refractivity contribution is 0.0947. The summed E-state index contributed by atoms with van der Waals surface area (Å²) in [5.41, 5.74) is 1.57. The fraction of sp³-hybridized carbons (Fsp3) is 0.538. The highest BCUT2D eigenvalue weighted by Gasteiger charge is 2.22. The molecule has 1 aromatic rings. The number of hydrogen-bond donors (Lipinski definition) is 1. The average Bonchev–Trinajstić information content (AvgIpc) is 2.73. The second-order valence-corrected chi connectivity index (χ2v) is 5.97. The summed E-state index contributed by atoms with van der Waals surface area (Å²) in [5, 5.41) is 2.98. The van der Waals surface area contributed by atoms with E-state index in [1.165, 1.54) is 12.8 Å². The van der Waals surface area contributed by atoms with E-state index >= 15 is 0 Å². The molecule has 0 aliphatic heterocycles. The molecule has 2 atom stereocenters. The van der Waals surface area contributed by atoms with Gasteiger partial charge in [-0.2, -0.15) is 0 Å². The standard InChI is InChI=1S/C13H17BrN2O/c1-9-2-4-11(8-15-9)13(17)16-7-10-3-5-12(14)6-10/h2,4,8,10,12H,3,5-7H2,1H3,(H,16,17). The Hall–Kier alpha value is -0.900. The van der Waals surface area contributed by atoms with Crippen molar-refractivity contribution in [2.45, 2.75) is 31.0 Å². The quantitative estimate of drug-likeness (QED) is 0.872. The van der Waals surface area contributed by atoms with Crippen LogP contribution in [0.1, 0.15) is 35.3 Å². The van der Waals surface area contributed by atoms with Crippen LogP contribution < -0.4 is 5.32 Å². The smallest absolute Gasteiger partial charge is 0.252 e. The maximum Gasteiger partial charge on any atom is 0.252 e. The Kier molecular flexibility index (Phi) is 4.15. The molecule has 1 aliphatic carbocycles. The number of amides is 1. The highest BCUT2D eigenvalue weighted by molar-refractivity contribution is 9.09. The number of rotatable bonds is 3. The van der Waals surface area contributed by atoms with Crippen LogP contribution in [0.4, 0.5) is 0 Å². The largest absolute Gasteiger partial charge is 0.352 e. The first-order valence-electron chi connectivity index (χ1n) is 6.00. The third-order valence-corrected chi connectivity index (χ3v) is 4.03. The molecule has 0 radical (unpaired) electrons. The number of carbonyl (C=O) groups excluding carboxylic acids is 1. The molecule has 2 rings (SSSR count). The molecule has 0 saturated heterocycles. The Morgan fingerprint density at radius 1 is 1.53 bits per heavy atom. The van der Waals surface area contributed by atoms with E-state index < -0.39 is 0 Å². The minimum Gasteiger partial charge on any atom is -0.352 e. The normalized spacial score (nSPS) is 23.6. The topological polar surface area (TPSA) is 42.0 Å². The maximum absolute atomic E-state index is 11.8. The van der Waals surface area contributed by atoms with Gasteiger partial charge in [-0.05, 0) is 44.2 Å². The zero-order valence-electron chi connectivity index (χ0n) is 9.95. The first kappa shape index (κ1) is 12.6. The van der Waals surface area contributed by atoms with Gasteiger partial charge in [0, 0.05) is 23.3 Å². The molecule has 0 bridgehead atoms. The maximum atomic E-state index is 11.8. The number of nitrogens with zero attached hydrogens (tertiary/aromatic N) is 1. The molecule has 1 aliphatic rings. The Balaban J connectivity index is 1.83. The number of carbonyl (C=O) groups is 1.